The van der Waals surface area contributed by atoms with Crippen LogP contribution in [0.1, 0.15) is 58.1 Å². The molecule has 1 saturated heterocycles. The summed E-state index contributed by atoms with van der Waals surface area (Å²) < 4.78 is 27.8. The van der Waals surface area contributed by atoms with Crippen LogP contribution >= 0.6 is 0 Å². The maximum absolute atomic E-state index is 11.9. The average Bonchev–Trinajstić information content (AvgIpc) is 3.18. The molecule has 0 amide bonds. The van der Waals surface area contributed by atoms with Gasteiger partial charge in [-0.05, 0) is 106 Å². The van der Waals surface area contributed by atoms with E-state index in [1.54, 1.807) is 0 Å². The van der Waals surface area contributed by atoms with E-state index in [0.29, 0.717) is 45.7 Å². The average molecular weight is 728 g/mol. The Bertz CT molecular complexity index is 1660. The topological polar surface area (TPSA) is 112 Å². The van der Waals surface area contributed by atoms with Crippen LogP contribution in [-0.4, -0.2) is 88.9 Å². The Balaban J connectivity index is 0.000000278. The number of hydrogen-bond donors (Lipinski definition) is 2. The first-order chi connectivity index (χ1) is 25.9. The maximum atomic E-state index is 11.9. The summed E-state index contributed by atoms with van der Waals surface area (Å²) in [5, 5.41) is 11.8. The molecule has 0 aliphatic carbocycles. The molecule has 10 heteroatoms. The van der Waals surface area contributed by atoms with Crippen LogP contribution in [0, 0.1) is 20.8 Å². The molecule has 0 atom stereocenters. The smallest absolute Gasteiger partial charge is 0.218 e. The summed E-state index contributed by atoms with van der Waals surface area (Å²) in [7, 11) is 1.93. The summed E-state index contributed by atoms with van der Waals surface area (Å²) >= 11 is 0. The Morgan fingerprint density at radius 1 is 0.887 bits per heavy atom. The number of carbonyl (C=O) groups is 1. The molecule has 10 nitrogen and oxygen atoms in total. The molecule has 0 spiro atoms. The molecule has 1 aliphatic rings. The number of aromatic nitrogens is 1. The Kier molecular flexibility index (Phi) is 17.7. The van der Waals surface area contributed by atoms with E-state index in [-0.39, 0.29) is 6.61 Å². The van der Waals surface area contributed by atoms with Crippen LogP contribution in [0.25, 0.3) is 11.1 Å². The number of nitrogens with zero attached hydrogens (tertiary/aromatic N) is 2. The van der Waals surface area contributed by atoms with E-state index in [1.165, 1.54) is 5.56 Å². The number of aliphatic hydroxyl groups excluding tert-OH is 1. The SMILES string of the molecule is CCN(c1cc(-c2ccc(OCCOCCOCCO)cc2)cc(C=O)c1C)C1CCOCC1.CNCc1c(C)cc(C)nc1OCc1ccccc1. The number of pyridine rings is 1. The number of rotatable bonds is 19. The highest BCUT2D eigenvalue weighted by molar-refractivity contribution is 5.86. The van der Waals surface area contributed by atoms with Gasteiger partial charge in [0, 0.05) is 54.9 Å². The number of aldehydes is 1. The van der Waals surface area contributed by atoms with Gasteiger partial charge in [0.2, 0.25) is 5.88 Å². The van der Waals surface area contributed by atoms with Crippen LogP contribution in [0.4, 0.5) is 5.69 Å². The molecule has 0 bridgehead atoms. The van der Waals surface area contributed by atoms with Gasteiger partial charge in [-0.1, -0.05) is 42.5 Å². The Morgan fingerprint density at radius 2 is 1.58 bits per heavy atom. The van der Waals surface area contributed by atoms with Crippen LogP contribution in [0.2, 0.25) is 0 Å². The molecule has 0 saturated carbocycles. The maximum Gasteiger partial charge on any atom is 0.218 e. The molecular formula is C43H57N3O7. The molecule has 3 aromatic carbocycles. The lowest BCUT2D eigenvalue weighted by Crippen LogP contribution is -2.40. The monoisotopic (exact) mass is 727 g/mol. The minimum atomic E-state index is 0.0201. The third-order valence-corrected chi connectivity index (χ3v) is 9.13. The van der Waals surface area contributed by atoms with Crippen molar-refractivity contribution >= 4 is 12.0 Å². The number of nitrogens with one attached hydrogen (secondary N) is 1. The zero-order valence-corrected chi connectivity index (χ0v) is 32.1. The summed E-state index contributed by atoms with van der Waals surface area (Å²) in [4.78, 5) is 18.8. The molecular weight excluding hydrogens is 670 g/mol. The van der Waals surface area contributed by atoms with Crippen molar-refractivity contribution in [2.24, 2.45) is 0 Å². The lowest BCUT2D eigenvalue weighted by Gasteiger charge is -2.36. The van der Waals surface area contributed by atoms with Gasteiger partial charge in [-0.3, -0.25) is 4.79 Å². The fourth-order valence-electron chi connectivity index (χ4n) is 6.35. The van der Waals surface area contributed by atoms with Crippen molar-refractivity contribution in [1.29, 1.82) is 0 Å². The van der Waals surface area contributed by atoms with E-state index in [1.807, 2.05) is 69.4 Å². The van der Waals surface area contributed by atoms with Crippen LogP contribution < -0.4 is 19.7 Å². The van der Waals surface area contributed by atoms with E-state index >= 15 is 0 Å². The van der Waals surface area contributed by atoms with Gasteiger partial charge in [0.05, 0.1) is 33.0 Å². The first-order valence-corrected chi connectivity index (χ1v) is 18.6. The van der Waals surface area contributed by atoms with E-state index in [9.17, 15) is 4.79 Å². The fraction of sp³-hybridized carbons (Fsp3) is 0.442. The van der Waals surface area contributed by atoms with Crippen LogP contribution in [0.3, 0.4) is 0 Å². The number of ether oxygens (including phenoxy) is 5. The summed E-state index contributed by atoms with van der Waals surface area (Å²) in [6, 6.07) is 24.7. The van der Waals surface area contributed by atoms with Crippen molar-refractivity contribution in [3.63, 3.8) is 0 Å². The Labute approximate surface area is 315 Å². The second-order valence-electron chi connectivity index (χ2n) is 12.9. The van der Waals surface area contributed by atoms with Gasteiger partial charge in [0.25, 0.3) is 0 Å². The standard InChI is InChI=1S/C27H37NO6.C16H20N2O/c1-3-28(25-8-11-31-12-9-25)27-19-23(18-24(20-30)21(27)2)22-4-6-26(7-5-22)34-17-16-33-15-14-32-13-10-29;1-12-9-13(2)18-16(15(12)10-17-3)19-11-14-7-5-4-6-8-14/h4-7,18-20,25,29H,3,8-17H2,1-2H3;4-9,17H,10-11H2,1-3H3. The largest absolute Gasteiger partial charge is 0.491 e. The second kappa shape index (κ2) is 22.7. The lowest BCUT2D eigenvalue weighted by atomic mass is 9.96. The van der Waals surface area contributed by atoms with Gasteiger partial charge in [0.15, 0.2) is 0 Å². The first kappa shape index (κ1) is 41.4. The van der Waals surface area contributed by atoms with Crippen LogP contribution in [0.5, 0.6) is 11.6 Å². The van der Waals surface area contributed by atoms with Gasteiger partial charge in [-0.2, -0.15) is 0 Å². The van der Waals surface area contributed by atoms with E-state index in [2.05, 4.69) is 53.3 Å². The number of aryl methyl sites for hydroxylation is 2. The van der Waals surface area contributed by atoms with Crippen molar-refractivity contribution in [1.82, 2.24) is 10.3 Å². The Morgan fingerprint density at radius 3 is 2.25 bits per heavy atom. The molecule has 1 aliphatic heterocycles. The predicted molar refractivity (Wildman–Crippen MR) is 210 cm³/mol. The van der Waals surface area contributed by atoms with Crippen LogP contribution in [0.15, 0.2) is 72.8 Å². The fourth-order valence-corrected chi connectivity index (χ4v) is 6.35. The van der Waals surface area contributed by atoms with E-state index in [4.69, 9.17) is 28.8 Å². The number of aliphatic hydroxyl groups is 1. The highest BCUT2D eigenvalue weighted by Crippen LogP contribution is 2.34. The quantitative estimate of drug-likeness (QED) is 0.0784. The van der Waals surface area contributed by atoms with Crippen molar-refractivity contribution in [3.05, 3.63) is 106 Å². The molecule has 53 heavy (non-hydrogen) atoms. The van der Waals surface area contributed by atoms with Crippen molar-refractivity contribution < 1.29 is 33.6 Å². The highest BCUT2D eigenvalue weighted by Gasteiger charge is 2.23. The zero-order valence-electron chi connectivity index (χ0n) is 32.1. The molecule has 1 aromatic heterocycles. The lowest BCUT2D eigenvalue weighted by molar-refractivity contribution is 0.0247. The van der Waals surface area contributed by atoms with Crippen molar-refractivity contribution in [2.45, 2.75) is 59.7 Å². The molecule has 4 aromatic rings. The summed E-state index contributed by atoms with van der Waals surface area (Å²) in [6.07, 6.45) is 2.95. The second-order valence-corrected chi connectivity index (χ2v) is 12.9. The molecule has 286 valence electrons. The molecule has 5 rings (SSSR count). The number of hydrogen-bond acceptors (Lipinski definition) is 10. The third kappa shape index (κ3) is 12.9. The molecule has 0 unspecified atom stereocenters. The minimum Gasteiger partial charge on any atom is -0.491 e. The molecule has 1 fully saturated rings. The predicted octanol–water partition coefficient (Wildman–Crippen LogP) is 6.88. The zero-order chi connectivity index (χ0) is 37.8. The van der Waals surface area contributed by atoms with Crippen LogP contribution in [-0.2, 0) is 27.4 Å². The third-order valence-electron chi connectivity index (χ3n) is 9.13. The van der Waals surface area contributed by atoms with Gasteiger partial charge >= 0.3 is 0 Å². The Hall–Kier alpha value is -4.32. The number of anilines is 1. The van der Waals surface area contributed by atoms with Gasteiger partial charge < -0.3 is 39.0 Å². The first-order valence-electron chi connectivity index (χ1n) is 18.6. The molecule has 0 radical (unpaired) electrons. The minimum absolute atomic E-state index is 0.0201. The molecule has 2 N–H and O–H groups in total. The summed E-state index contributed by atoms with van der Waals surface area (Å²) in [6.45, 7) is 14.2. The number of benzene rings is 3. The highest BCUT2D eigenvalue weighted by atomic mass is 16.5. The summed E-state index contributed by atoms with van der Waals surface area (Å²) in [5.74, 6) is 1.50. The van der Waals surface area contributed by atoms with Crippen molar-refractivity contribution in [3.8, 4) is 22.8 Å². The van der Waals surface area contributed by atoms with E-state index in [0.717, 1.165) is 102 Å². The van der Waals surface area contributed by atoms with Gasteiger partial charge in [0.1, 0.15) is 25.2 Å². The normalized spacial score (nSPS) is 12.9. The summed E-state index contributed by atoms with van der Waals surface area (Å²) in [5.41, 5.74) is 9.40. The number of carbonyl (C=O) groups excluding carboxylic acids is 1. The molecule has 2 heterocycles. The van der Waals surface area contributed by atoms with Crippen molar-refractivity contribution in [2.75, 3.05) is 71.3 Å². The van der Waals surface area contributed by atoms with E-state index < -0.39 is 0 Å². The van der Waals surface area contributed by atoms with Gasteiger partial charge in [-0.25, -0.2) is 4.98 Å². The van der Waals surface area contributed by atoms with Gasteiger partial charge in [-0.15, -0.1) is 0 Å².